The minimum Gasteiger partial charge on any atom is -0.311 e. The van der Waals surface area contributed by atoms with Crippen LogP contribution in [0.4, 0.5) is 0 Å². The predicted molar refractivity (Wildman–Crippen MR) is 93.2 cm³/mol. The van der Waals surface area contributed by atoms with E-state index in [1.54, 1.807) is 0 Å². The van der Waals surface area contributed by atoms with Gasteiger partial charge in [0, 0.05) is 38.3 Å². The van der Waals surface area contributed by atoms with Crippen LogP contribution in [0.5, 0.6) is 0 Å². The molecule has 0 aromatic heterocycles. The van der Waals surface area contributed by atoms with E-state index in [-0.39, 0.29) is 0 Å². The summed E-state index contributed by atoms with van der Waals surface area (Å²) in [6.07, 6.45) is 3.97. The van der Waals surface area contributed by atoms with Crippen LogP contribution in [-0.4, -0.2) is 55.1 Å². The molecule has 1 aromatic rings. The van der Waals surface area contributed by atoms with Gasteiger partial charge in [0.05, 0.1) is 0 Å². The minimum absolute atomic E-state index is 0.551. The molecule has 0 amide bonds. The Balaban J connectivity index is 1.76. The van der Waals surface area contributed by atoms with Crippen LogP contribution in [-0.2, 0) is 0 Å². The van der Waals surface area contributed by atoms with E-state index in [1.807, 2.05) is 0 Å². The number of aryl methyl sites for hydroxylation is 1. The second-order valence-electron chi connectivity index (χ2n) is 6.99. The van der Waals surface area contributed by atoms with Crippen molar-refractivity contribution in [1.82, 2.24) is 15.1 Å². The molecule has 2 aliphatic heterocycles. The third-order valence-corrected chi connectivity index (χ3v) is 5.31. The quantitative estimate of drug-likeness (QED) is 0.902. The lowest BCUT2D eigenvalue weighted by Gasteiger charge is -2.40. The fourth-order valence-corrected chi connectivity index (χ4v) is 3.84. The van der Waals surface area contributed by atoms with Gasteiger partial charge < -0.3 is 10.2 Å². The van der Waals surface area contributed by atoms with Crippen LogP contribution in [0.25, 0.3) is 0 Å². The molecule has 2 aliphatic rings. The van der Waals surface area contributed by atoms with Gasteiger partial charge in [0.25, 0.3) is 0 Å². The molecule has 2 heterocycles. The maximum Gasteiger partial charge on any atom is 0.0476 e. The molecular formula is C19H31N3. The Kier molecular flexibility index (Phi) is 5.51. The van der Waals surface area contributed by atoms with Crippen molar-refractivity contribution in [2.45, 2.75) is 45.2 Å². The van der Waals surface area contributed by atoms with Gasteiger partial charge in [-0.3, -0.25) is 4.90 Å². The van der Waals surface area contributed by atoms with E-state index in [0.717, 1.165) is 6.54 Å². The Bertz CT molecular complexity index is 450. The first kappa shape index (κ1) is 16.0. The maximum atomic E-state index is 3.65. The van der Waals surface area contributed by atoms with Crippen molar-refractivity contribution >= 4 is 0 Å². The Morgan fingerprint density at radius 2 is 1.86 bits per heavy atom. The standard InChI is InChI=1S/C19H31N3/c1-3-18-14-22(13-10-20-18)19(15-21-11-4-5-12-21)17-8-6-16(2)7-9-17/h6-9,18-20H,3-5,10-15H2,1-2H3. The summed E-state index contributed by atoms with van der Waals surface area (Å²) in [5, 5.41) is 3.65. The topological polar surface area (TPSA) is 18.5 Å². The van der Waals surface area contributed by atoms with Gasteiger partial charge in [0.2, 0.25) is 0 Å². The van der Waals surface area contributed by atoms with Gasteiger partial charge in [0.15, 0.2) is 0 Å². The highest BCUT2D eigenvalue weighted by Crippen LogP contribution is 2.25. The number of hydrogen-bond donors (Lipinski definition) is 1. The van der Waals surface area contributed by atoms with Crippen LogP contribution in [0.15, 0.2) is 24.3 Å². The van der Waals surface area contributed by atoms with Crippen molar-refractivity contribution in [3.8, 4) is 0 Å². The lowest BCUT2D eigenvalue weighted by Crippen LogP contribution is -2.52. The van der Waals surface area contributed by atoms with Gasteiger partial charge >= 0.3 is 0 Å². The lowest BCUT2D eigenvalue weighted by atomic mass is 10.0. The van der Waals surface area contributed by atoms with Gasteiger partial charge in [-0.1, -0.05) is 36.8 Å². The fourth-order valence-electron chi connectivity index (χ4n) is 3.84. The van der Waals surface area contributed by atoms with Crippen LogP contribution in [0.1, 0.15) is 43.4 Å². The number of benzene rings is 1. The first-order chi connectivity index (χ1) is 10.8. The van der Waals surface area contributed by atoms with Gasteiger partial charge in [-0.25, -0.2) is 0 Å². The normalized spacial score (nSPS) is 25.5. The number of piperazine rings is 1. The second-order valence-corrected chi connectivity index (χ2v) is 6.99. The van der Waals surface area contributed by atoms with Crippen molar-refractivity contribution < 1.29 is 0 Å². The number of rotatable bonds is 5. The molecule has 2 saturated heterocycles. The summed E-state index contributed by atoms with van der Waals surface area (Å²) in [5.41, 5.74) is 2.85. The van der Waals surface area contributed by atoms with Crippen molar-refractivity contribution in [2.24, 2.45) is 0 Å². The van der Waals surface area contributed by atoms with Crippen molar-refractivity contribution in [2.75, 3.05) is 39.3 Å². The smallest absolute Gasteiger partial charge is 0.0476 e. The number of nitrogens with zero attached hydrogens (tertiary/aromatic N) is 2. The van der Waals surface area contributed by atoms with Gasteiger partial charge in [-0.2, -0.15) is 0 Å². The van der Waals surface area contributed by atoms with Crippen LogP contribution in [0.3, 0.4) is 0 Å². The zero-order valence-electron chi connectivity index (χ0n) is 14.2. The van der Waals surface area contributed by atoms with Gasteiger partial charge in [-0.15, -0.1) is 0 Å². The van der Waals surface area contributed by atoms with Crippen molar-refractivity contribution in [3.63, 3.8) is 0 Å². The molecule has 3 heteroatoms. The highest BCUT2D eigenvalue weighted by atomic mass is 15.3. The number of likely N-dealkylation sites (tertiary alicyclic amines) is 1. The second kappa shape index (κ2) is 7.58. The van der Waals surface area contributed by atoms with Crippen LogP contribution in [0.2, 0.25) is 0 Å². The molecule has 2 unspecified atom stereocenters. The van der Waals surface area contributed by atoms with Gasteiger partial charge in [-0.05, 0) is 44.8 Å². The molecule has 22 heavy (non-hydrogen) atoms. The molecular weight excluding hydrogens is 270 g/mol. The first-order valence-corrected chi connectivity index (χ1v) is 9.02. The lowest BCUT2D eigenvalue weighted by molar-refractivity contribution is 0.112. The largest absolute Gasteiger partial charge is 0.311 e. The van der Waals surface area contributed by atoms with Crippen molar-refractivity contribution in [3.05, 3.63) is 35.4 Å². The summed E-state index contributed by atoms with van der Waals surface area (Å²) < 4.78 is 0. The van der Waals surface area contributed by atoms with E-state index in [9.17, 15) is 0 Å². The highest BCUT2D eigenvalue weighted by Gasteiger charge is 2.28. The van der Waals surface area contributed by atoms with E-state index in [2.05, 4.69) is 53.2 Å². The monoisotopic (exact) mass is 301 g/mol. The van der Waals surface area contributed by atoms with E-state index < -0.39 is 0 Å². The average Bonchev–Trinajstić information content (AvgIpc) is 3.07. The molecule has 0 bridgehead atoms. The zero-order valence-corrected chi connectivity index (χ0v) is 14.2. The Morgan fingerprint density at radius 3 is 2.55 bits per heavy atom. The van der Waals surface area contributed by atoms with Crippen LogP contribution in [0, 0.1) is 6.92 Å². The van der Waals surface area contributed by atoms with Crippen LogP contribution >= 0.6 is 0 Å². The summed E-state index contributed by atoms with van der Waals surface area (Å²) in [5.74, 6) is 0. The molecule has 0 radical (unpaired) electrons. The Morgan fingerprint density at radius 1 is 1.14 bits per heavy atom. The zero-order chi connectivity index (χ0) is 15.4. The predicted octanol–water partition coefficient (Wildman–Crippen LogP) is 2.82. The maximum absolute atomic E-state index is 3.65. The number of nitrogens with one attached hydrogen (secondary N) is 1. The molecule has 0 spiro atoms. The molecule has 1 N–H and O–H groups in total. The number of hydrogen-bond acceptors (Lipinski definition) is 3. The Labute approximate surface area is 135 Å². The summed E-state index contributed by atoms with van der Waals surface area (Å²) in [4.78, 5) is 5.38. The molecule has 1 aromatic carbocycles. The summed E-state index contributed by atoms with van der Waals surface area (Å²) in [6.45, 7) is 11.7. The fraction of sp³-hybridized carbons (Fsp3) is 0.684. The molecule has 2 atom stereocenters. The highest BCUT2D eigenvalue weighted by molar-refractivity contribution is 5.25. The van der Waals surface area contributed by atoms with E-state index in [4.69, 9.17) is 0 Å². The first-order valence-electron chi connectivity index (χ1n) is 9.02. The summed E-state index contributed by atoms with van der Waals surface area (Å²) in [6, 6.07) is 10.4. The average molecular weight is 301 g/mol. The van der Waals surface area contributed by atoms with Gasteiger partial charge in [0.1, 0.15) is 0 Å². The third-order valence-electron chi connectivity index (χ3n) is 5.31. The molecule has 2 fully saturated rings. The van der Waals surface area contributed by atoms with Crippen LogP contribution < -0.4 is 5.32 Å². The van der Waals surface area contributed by atoms with Crippen molar-refractivity contribution in [1.29, 1.82) is 0 Å². The molecule has 0 saturated carbocycles. The SMILES string of the molecule is CCC1CN(C(CN2CCCC2)c2ccc(C)cc2)CCN1. The minimum atomic E-state index is 0.551. The molecule has 0 aliphatic carbocycles. The molecule has 3 rings (SSSR count). The van der Waals surface area contributed by atoms with E-state index >= 15 is 0 Å². The summed E-state index contributed by atoms with van der Waals surface area (Å²) >= 11 is 0. The Hall–Kier alpha value is -0.900. The van der Waals surface area contributed by atoms with E-state index in [0.29, 0.717) is 12.1 Å². The molecule has 3 nitrogen and oxygen atoms in total. The van der Waals surface area contributed by atoms with E-state index in [1.165, 1.54) is 63.1 Å². The third kappa shape index (κ3) is 3.89. The summed E-state index contributed by atoms with van der Waals surface area (Å²) in [7, 11) is 0. The molecule has 122 valence electrons.